The Bertz CT molecular complexity index is 1120. The Kier molecular flexibility index (Phi) is 5.55. The van der Waals surface area contributed by atoms with Crippen LogP contribution in [0.4, 0.5) is 5.69 Å². The minimum absolute atomic E-state index is 0.0161. The van der Waals surface area contributed by atoms with Crippen LogP contribution in [0.1, 0.15) is 31.5 Å². The first-order chi connectivity index (χ1) is 15.2. The molecule has 8 heteroatoms. The third-order valence-corrected chi connectivity index (χ3v) is 6.42. The van der Waals surface area contributed by atoms with Crippen LogP contribution in [0.2, 0.25) is 0 Å². The molecule has 0 bridgehead atoms. The Morgan fingerprint density at radius 2 is 1.84 bits per heavy atom. The molecule has 1 aliphatic heterocycles. The number of ether oxygens (including phenoxy) is 1. The van der Waals surface area contributed by atoms with Crippen molar-refractivity contribution in [2.75, 3.05) is 31.1 Å². The predicted molar refractivity (Wildman–Crippen MR) is 119 cm³/mol. The maximum atomic E-state index is 11.8. The average molecular weight is 421 g/mol. The van der Waals surface area contributed by atoms with Crippen molar-refractivity contribution in [3.63, 3.8) is 0 Å². The fraction of sp³-hybridized carbons (Fsp3) is 0.478. The van der Waals surface area contributed by atoms with Crippen LogP contribution in [0.3, 0.4) is 0 Å². The van der Waals surface area contributed by atoms with Crippen molar-refractivity contribution in [3.8, 4) is 5.88 Å². The lowest BCUT2D eigenvalue weighted by molar-refractivity contribution is 0.204. The van der Waals surface area contributed by atoms with E-state index in [4.69, 9.17) is 4.74 Å². The van der Waals surface area contributed by atoms with Crippen molar-refractivity contribution in [3.05, 3.63) is 53.0 Å². The van der Waals surface area contributed by atoms with Gasteiger partial charge in [-0.3, -0.25) is 14.3 Å². The molecule has 2 aliphatic rings. The van der Waals surface area contributed by atoms with Crippen molar-refractivity contribution in [2.24, 2.45) is 7.05 Å². The summed E-state index contributed by atoms with van der Waals surface area (Å²) in [6, 6.07) is 7.85. The molecule has 3 heterocycles. The molecular formula is C23H28N6O2. The lowest BCUT2D eigenvalue weighted by Crippen LogP contribution is -2.46. The molecule has 162 valence electrons. The molecule has 1 aromatic carbocycles. The number of aromatic nitrogens is 4. The summed E-state index contributed by atoms with van der Waals surface area (Å²) in [5.74, 6) is 1.51. The lowest BCUT2D eigenvalue weighted by Gasteiger charge is -2.36. The minimum Gasteiger partial charge on any atom is -0.474 e. The van der Waals surface area contributed by atoms with Crippen LogP contribution in [0.25, 0.3) is 10.9 Å². The fourth-order valence-corrected chi connectivity index (χ4v) is 4.50. The zero-order valence-electron chi connectivity index (χ0n) is 17.9. The fourth-order valence-electron chi connectivity index (χ4n) is 4.50. The van der Waals surface area contributed by atoms with E-state index in [1.807, 2.05) is 0 Å². The maximum Gasteiger partial charge on any atom is 0.253 e. The molecule has 2 fully saturated rings. The highest BCUT2D eigenvalue weighted by atomic mass is 16.5. The van der Waals surface area contributed by atoms with Crippen LogP contribution in [-0.2, 0) is 13.6 Å². The number of benzene rings is 1. The highest BCUT2D eigenvalue weighted by molar-refractivity contribution is 5.86. The van der Waals surface area contributed by atoms with E-state index in [0.29, 0.717) is 12.4 Å². The molecule has 8 nitrogen and oxygen atoms in total. The second-order valence-corrected chi connectivity index (χ2v) is 8.43. The molecule has 1 aliphatic carbocycles. The zero-order chi connectivity index (χ0) is 21.2. The van der Waals surface area contributed by atoms with Gasteiger partial charge >= 0.3 is 0 Å². The molecule has 0 atom stereocenters. The Morgan fingerprint density at radius 1 is 1.03 bits per heavy atom. The molecule has 0 radical (unpaired) electrons. The quantitative estimate of drug-likeness (QED) is 0.627. The second-order valence-electron chi connectivity index (χ2n) is 8.43. The molecule has 1 saturated carbocycles. The predicted octanol–water partition coefficient (Wildman–Crippen LogP) is 2.37. The molecule has 31 heavy (non-hydrogen) atoms. The maximum absolute atomic E-state index is 11.8. The van der Waals surface area contributed by atoms with Gasteiger partial charge < -0.3 is 9.64 Å². The molecular weight excluding hydrogens is 392 g/mol. The topological polar surface area (TPSA) is 76.4 Å². The summed E-state index contributed by atoms with van der Waals surface area (Å²) in [4.78, 5) is 29.8. The number of piperazine rings is 1. The van der Waals surface area contributed by atoms with Gasteiger partial charge in [0, 0.05) is 51.2 Å². The molecule has 0 spiro atoms. The van der Waals surface area contributed by atoms with Gasteiger partial charge in [0.05, 0.1) is 17.4 Å². The molecule has 5 rings (SSSR count). The summed E-state index contributed by atoms with van der Waals surface area (Å²) in [6.45, 7) is 4.35. The molecule has 2 aromatic heterocycles. The first-order valence-corrected chi connectivity index (χ1v) is 11.1. The molecule has 1 saturated heterocycles. The van der Waals surface area contributed by atoms with Crippen LogP contribution >= 0.6 is 0 Å². The van der Waals surface area contributed by atoms with E-state index in [9.17, 15) is 4.79 Å². The largest absolute Gasteiger partial charge is 0.474 e. The van der Waals surface area contributed by atoms with Gasteiger partial charge in [-0.25, -0.2) is 15.0 Å². The summed E-state index contributed by atoms with van der Waals surface area (Å²) in [6.07, 6.45) is 8.13. The summed E-state index contributed by atoms with van der Waals surface area (Å²) < 4.78 is 7.85. The Balaban J connectivity index is 1.29. The van der Waals surface area contributed by atoms with Gasteiger partial charge in [0.1, 0.15) is 18.3 Å². The van der Waals surface area contributed by atoms with E-state index in [-0.39, 0.29) is 11.7 Å². The lowest BCUT2D eigenvalue weighted by atomic mass is 10.2. The summed E-state index contributed by atoms with van der Waals surface area (Å²) in [7, 11) is 1.78. The van der Waals surface area contributed by atoms with Crippen LogP contribution < -0.4 is 15.2 Å². The third kappa shape index (κ3) is 4.25. The highest BCUT2D eigenvalue weighted by Crippen LogP contribution is 2.30. The number of nitrogens with zero attached hydrogens (tertiary/aromatic N) is 6. The number of hydrogen-bond donors (Lipinski definition) is 0. The Morgan fingerprint density at radius 3 is 2.65 bits per heavy atom. The van der Waals surface area contributed by atoms with Gasteiger partial charge in [-0.05, 0) is 43.9 Å². The number of anilines is 1. The number of fused-ring (bicyclic) bond motifs is 1. The van der Waals surface area contributed by atoms with Crippen LogP contribution in [0.15, 0.2) is 41.6 Å². The van der Waals surface area contributed by atoms with Crippen molar-refractivity contribution in [1.29, 1.82) is 0 Å². The van der Waals surface area contributed by atoms with E-state index < -0.39 is 0 Å². The molecule has 0 N–H and O–H groups in total. The minimum atomic E-state index is -0.0161. The van der Waals surface area contributed by atoms with Gasteiger partial charge in [0.2, 0.25) is 5.88 Å². The monoisotopic (exact) mass is 420 g/mol. The van der Waals surface area contributed by atoms with Crippen molar-refractivity contribution in [2.45, 2.75) is 38.3 Å². The van der Waals surface area contributed by atoms with Gasteiger partial charge in [0.25, 0.3) is 5.56 Å². The van der Waals surface area contributed by atoms with Gasteiger partial charge in [0.15, 0.2) is 0 Å². The summed E-state index contributed by atoms with van der Waals surface area (Å²) >= 11 is 0. The van der Waals surface area contributed by atoms with Crippen molar-refractivity contribution in [1.82, 2.24) is 24.4 Å². The van der Waals surface area contributed by atoms with Gasteiger partial charge in [-0.1, -0.05) is 0 Å². The first kappa shape index (κ1) is 19.9. The highest BCUT2D eigenvalue weighted by Gasteiger charge is 2.21. The Labute approximate surface area is 181 Å². The molecule has 0 amide bonds. The Hall–Kier alpha value is -3.00. The summed E-state index contributed by atoms with van der Waals surface area (Å²) in [5.41, 5.74) is 2.07. The average Bonchev–Trinajstić information content (AvgIpc) is 3.31. The molecule has 0 unspecified atom stereocenters. The SMILES string of the molecule is Cn1c(CN2CCN(c3ccc4ncnc(OC5CCCC5)c4c3)CC2)nccc1=O. The van der Waals surface area contributed by atoms with E-state index in [0.717, 1.165) is 55.7 Å². The summed E-state index contributed by atoms with van der Waals surface area (Å²) in [5, 5.41) is 0.984. The van der Waals surface area contributed by atoms with Crippen LogP contribution in [0.5, 0.6) is 5.88 Å². The number of hydrogen-bond acceptors (Lipinski definition) is 7. The van der Waals surface area contributed by atoms with E-state index in [2.05, 4.69) is 43.0 Å². The van der Waals surface area contributed by atoms with Crippen molar-refractivity contribution >= 4 is 16.6 Å². The number of rotatable bonds is 5. The normalized spacial score (nSPS) is 18.0. The third-order valence-electron chi connectivity index (χ3n) is 6.42. The first-order valence-electron chi connectivity index (χ1n) is 11.1. The van der Waals surface area contributed by atoms with Gasteiger partial charge in [-0.15, -0.1) is 0 Å². The zero-order valence-corrected chi connectivity index (χ0v) is 17.9. The van der Waals surface area contributed by atoms with E-state index in [1.165, 1.54) is 24.6 Å². The van der Waals surface area contributed by atoms with Crippen molar-refractivity contribution < 1.29 is 4.74 Å². The van der Waals surface area contributed by atoms with Gasteiger partial charge in [-0.2, -0.15) is 0 Å². The van der Waals surface area contributed by atoms with Crippen LogP contribution in [-0.4, -0.2) is 56.7 Å². The second kappa shape index (κ2) is 8.63. The van der Waals surface area contributed by atoms with E-state index in [1.54, 1.807) is 24.1 Å². The smallest absolute Gasteiger partial charge is 0.253 e. The molecule has 3 aromatic rings. The standard InChI is InChI=1S/C23H28N6O2/c1-27-21(24-9-8-22(27)30)15-28-10-12-29(13-11-28)17-6-7-20-19(14-17)23(26-16-25-20)31-18-4-2-3-5-18/h6-9,14,16,18H,2-5,10-13,15H2,1H3. The van der Waals surface area contributed by atoms with Crippen LogP contribution in [0, 0.1) is 0 Å². The van der Waals surface area contributed by atoms with E-state index >= 15 is 0 Å².